The standard InChI is InChI=1S/C21H28N2O4/c1-3-4-5-6-17(15-24)21(16-7-11-19(12-8-16)23(25)26)22-18-9-13-20(27-2)14-10-18/h7-14,17,21-22,24H,3-6,15H2,1-2H3/t17-,21+/m0/s1. The number of methoxy groups -OCH3 is 1. The Kier molecular flexibility index (Phi) is 8.07. The van der Waals surface area contributed by atoms with Crippen LogP contribution >= 0.6 is 0 Å². The van der Waals surface area contributed by atoms with Gasteiger partial charge in [-0.25, -0.2) is 0 Å². The maximum atomic E-state index is 10.9. The number of benzene rings is 2. The quantitative estimate of drug-likeness (QED) is 0.331. The van der Waals surface area contributed by atoms with Crippen molar-refractivity contribution in [2.24, 2.45) is 5.92 Å². The fraction of sp³-hybridized carbons (Fsp3) is 0.429. The average Bonchev–Trinajstić information content (AvgIpc) is 2.70. The number of ether oxygens (including phenoxy) is 1. The van der Waals surface area contributed by atoms with Gasteiger partial charge in [0.25, 0.3) is 5.69 Å². The third-order valence-corrected chi connectivity index (χ3v) is 4.76. The molecule has 0 fully saturated rings. The van der Waals surface area contributed by atoms with Crippen molar-refractivity contribution in [1.29, 1.82) is 0 Å². The molecule has 0 radical (unpaired) electrons. The molecule has 6 heteroatoms. The number of nitro groups is 1. The van der Waals surface area contributed by atoms with Crippen molar-refractivity contribution in [3.8, 4) is 5.75 Å². The number of non-ortho nitro benzene ring substituents is 1. The molecule has 0 aromatic heterocycles. The van der Waals surface area contributed by atoms with E-state index in [4.69, 9.17) is 4.74 Å². The van der Waals surface area contributed by atoms with Gasteiger partial charge in [0.1, 0.15) is 5.75 Å². The molecule has 0 unspecified atom stereocenters. The van der Waals surface area contributed by atoms with E-state index >= 15 is 0 Å². The van der Waals surface area contributed by atoms with Crippen molar-refractivity contribution >= 4 is 11.4 Å². The second-order valence-electron chi connectivity index (χ2n) is 6.64. The van der Waals surface area contributed by atoms with Crippen molar-refractivity contribution in [2.45, 2.75) is 38.6 Å². The highest BCUT2D eigenvalue weighted by molar-refractivity contribution is 5.49. The van der Waals surface area contributed by atoms with Crippen LogP contribution in [0.5, 0.6) is 5.75 Å². The van der Waals surface area contributed by atoms with Crippen molar-refractivity contribution in [3.05, 3.63) is 64.2 Å². The van der Waals surface area contributed by atoms with E-state index in [2.05, 4.69) is 12.2 Å². The van der Waals surface area contributed by atoms with Crippen molar-refractivity contribution in [3.63, 3.8) is 0 Å². The minimum atomic E-state index is -0.402. The summed E-state index contributed by atoms with van der Waals surface area (Å²) >= 11 is 0. The topological polar surface area (TPSA) is 84.6 Å². The zero-order valence-corrected chi connectivity index (χ0v) is 15.9. The van der Waals surface area contributed by atoms with E-state index in [1.54, 1.807) is 19.2 Å². The predicted octanol–water partition coefficient (Wildman–Crippen LogP) is 4.95. The van der Waals surface area contributed by atoms with Crippen LogP contribution in [0.3, 0.4) is 0 Å². The maximum absolute atomic E-state index is 10.9. The minimum Gasteiger partial charge on any atom is -0.497 e. The van der Waals surface area contributed by atoms with E-state index in [-0.39, 0.29) is 24.3 Å². The normalized spacial score (nSPS) is 13.0. The summed E-state index contributed by atoms with van der Waals surface area (Å²) in [5.74, 6) is 0.786. The molecule has 146 valence electrons. The molecule has 2 aromatic rings. The minimum absolute atomic E-state index is 0.0140. The van der Waals surface area contributed by atoms with Crippen LogP contribution in [0.25, 0.3) is 0 Å². The molecule has 0 saturated heterocycles. The number of nitro benzene ring substituents is 1. The Morgan fingerprint density at radius 1 is 1.11 bits per heavy atom. The molecule has 0 aliphatic heterocycles. The molecule has 2 N–H and O–H groups in total. The van der Waals surface area contributed by atoms with Gasteiger partial charge < -0.3 is 15.2 Å². The summed E-state index contributed by atoms with van der Waals surface area (Å²) in [6.07, 6.45) is 4.16. The SMILES string of the molecule is CCCCC[C@@H](CO)[C@H](Nc1ccc(OC)cc1)c1ccc([N+](=O)[O-])cc1. The van der Waals surface area contributed by atoms with Gasteiger partial charge in [-0.1, -0.05) is 38.3 Å². The van der Waals surface area contributed by atoms with Gasteiger partial charge in [-0.2, -0.15) is 0 Å². The number of hydrogen-bond acceptors (Lipinski definition) is 5. The molecule has 2 atom stereocenters. The van der Waals surface area contributed by atoms with Gasteiger partial charge in [0.2, 0.25) is 0 Å². The Bertz CT molecular complexity index is 701. The van der Waals surface area contributed by atoms with Crippen LogP contribution in [-0.4, -0.2) is 23.7 Å². The van der Waals surface area contributed by atoms with Gasteiger partial charge in [-0.05, 0) is 36.2 Å². The number of hydrogen-bond donors (Lipinski definition) is 2. The highest BCUT2D eigenvalue weighted by Gasteiger charge is 2.23. The van der Waals surface area contributed by atoms with E-state index in [1.165, 1.54) is 12.1 Å². The molecule has 0 heterocycles. The largest absolute Gasteiger partial charge is 0.497 e. The van der Waals surface area contributed by atoms with E-state index in [0.29, 0.717) is 0 Å². The molecule has 0 saturated carbocycles. The Balaban J connectivity index is 2.26. The first-order chi connectivity index (χ1) is 13.1. The smallest absolute Gasteiger partial charge is 0.269 e. The number of rotatable bonds is 11. The van der Waals surface area contributed by atoms with Crippen molar-refractivity contribution in [2.75, 3.05) is 19.0 Å². The second-order valence-corrected chi connectivity index (χ2v) is 6.64. The molecular weight excluding hydrogens is 344 g/mol. The summed E-state index contributed by atoms with van der Waals surface area (Å²) < 4.78 is 5.20. The molecule has 2 aromatic carbocycles. The zero-order chi connectivity index (χ0) is 19.6. The summed E-state index contributed by atoms with van der Waals surface area (Å²) in [7, 11) is 1.62. The van der Waals surface area contributed by atoms with Crippen LogP contribution in [0.2, 0.25) is 0 Å². The number of unbranched alkanes of at least 4 members (excludes halogenated alkanes) is 2. The van der Waals surface area contributed by atoms with Crippen LogP contribution < -0.4 is 10.1 Å². The van der Waals surface area contributed by atoms with Gasteiger partial charge >= 0.3 is 0 Å². The van der Waals surface area contributed by atoms with Crippen molar-refractivity contribution in [1.82, 2.24) is 0 Å². The Hall–Kier alpha value is -2.60. The first-order valence-electron chi connectivity index (χ1n) is 9.34. The van der Waals surface area contributed by atoms with Gasteiger partial charge in [0.15, 0.2) is 0 Å². The fourth-order valence-corrected chi connectivity index (χ4v) is 3.16. The van der Waals surface area contributed by atoms with Crippen LogP contribution in [0.15, 0.2) is 48.5 Å². The van der Waals surface area contributed by atoms with E-state index in [0.717, 1.165) is 42.7 Å². The molecule has 0 amide bonds. The monoisotopic (exact) mass is 372 g/mol. The average molecular weight is 372 g/mol. The fourth-order valence-electron chi connectivity index (χ4n) is 3.16. The molecule has 6 nitrogen and oxygen atoms in total. The van der Waals surface area contributed by atoms with Crippen LogP contribution in [-0.2, 0) is 0 Å². The molecule has 2 rings (SSSR count). The van der Waals surface area contributed by atoms with E-state index in [1.807, 2.05) is 24.3 Å². The number of anilines is 1. The van der Waals surface area contributed by atoms with Crippen LogP contribution in [0.1, 0.15) is 44.2 Å². The Morgan fingerprint density at radius 2 is 1.78 bits per heavy atom. The second kappa shape index (κ2) is 10.5. The van der Waals surface area contributed by atoms with Crippen LogP contribution in [0.4, 0.5) is 11.4 Å². The summed E-state index contributed by atoms with van der Waals surface area (Å²) in [6.45, 7) is 2.20. The lowest BCUT2D eigenvalue weighted by atomic mass is 9.88. The molecular formula is C21H28N2O4. The molecule has 0 aliphatic carbocycles. The summed E-state index contributed by atoms with van der Waals surface area (Å²) in [5.41, 5.74) is 1.90. The molecule has 27 heavy (non-hydrogen) atoms. The first kappa shape index (κ1) is 20.7. The van der Waals surface area contributed by atoms with Gasteiger partial charge in [0.05, 0.1) is 18.1 Å². The predicted molar refractivity (Wildman–Crippen MR) is 107 cm³/mol. The van der Waals surface area contributed by atoms with Gasteiger partial charge in [0, 0.05) is 30.3 Å². The summed E-state index contributed by atoms with van der Waals surface area (Å²) in [4.78, 5) is 10.5. The Labute approximate surface area is 160 Å². The highest BCUT2D eigenvalue weighted by Crippen LogP contribution is 2.32. The number of nitrogens with zero attached hydrogens (tertiary/aromatic N) is 1. The third-order valence-electron chi connectivity index (χ3n) is 4.76. The molecule has 0 spiro atoms. The van der Waals surface area contributed by atoms with Crippen LogP contribution in [0, 0.1) is 16.0 Å². The van der Waals surface area contributed by atoms with Crippen molar-refractivity contribution < 1.29 is 14.8 Å². The number of nitrogens with one attached hydrogen (secondary N) is 1. The molecule has 0 aliphatic rings. The Morgan fingerprint density at radius 3 is 2.30 bits per heavy atom. The number of aliphatic hydroxyl groups is 1. The number of aliphatic hydroxyl groups excluding tert-OH is 1. The maximum Gasteiger partial charge on any atom is 0.269 e. The summed E-state index contributed by atoms with van der Waals surface area (Å²) in [6, 6.07) is 14.0. The summed E-state index contributed by atoms with van der Waals surface area (Å²) in [5, 5.41) is 24.4. The molecule has 0 bridgehead atoms. The lowest BCUT2D eigenvalue weighted by Gasteiger charge is -2.28. The zero-order valence-electron chi connectivity index (χ0n) is 15.9. The van der Waals surface area contributed by atoms with Gasteiger partial charge in [-0.3, -0.25) is 10.1 Å². The van der Waals surface area contributed by atoms with Gasteiger partial charge in [-0.15, -0.1) is 0 Å². The van der Waals surface area contributed by atoms with E-state index in [9.17, 15) is 15.2 Å². The lowest BCUT2D eigenvalue weighted by Crippen LogP contribution is -2.24. The first-order valence-corrected chi connectivity index (χ1v) is 9.34. The third kappa shape index (κ3) is 5.96. The van der Waals surface area contributed by atoms with E-state index < -0.39 is 4.92 Å². The highest BCUT2D eigenvalue weighted by atomic mass is 16.6. The lowest BCUT2D eigenvalue weighted by molar-refractivity contribution is -0.384.